The van der Waals surface area contributed by atoms with Crippen LogP contribution in [0.4, 0.5) is 0 Å². The number of thiocarbonyl (C=S) groups is 1. The minimum atomic E-state index is 0.683. The van der Waals surface area contributed by atoms with E-state index in [9.17, 15) is 0 Å². The van der Waals surface area contributed by atoms with Gasteiger partial charge in [0.15, 0.2) is 5.11 Å². The highest BCUT2D eigenvalue weighted by Crippen LogP contribution is 1.86. The van der Waals surface area contributed by atoms with E-state index in [0.29, 0.717) is 5.11 Å². The molecule has 0 aromatic rings. The van der Waals surface area contributed by atoms with Gasteiger partial charge in [0, 0.05) is 21.1 Å². The topological polar surface area (TPSA) is 27.6 Å². The molecule has 0 aromatic heterocycles. The molecule has 0 heterocycles. The van der Waals surface area contributed by atoms with E-state index in [0.717, 1.165) is 5.84 Å². The molecule has 0 aliphatic heterocycles. The molecule has 58 valence electrons. The highest BCUT2D eigenvalue weighted by Gasteiger charge is 2.02. The summed E-state index contributed by atoms with van der Waals surface area (Å²) in [6, 6.07) is 0. The summed E-state index contributed by atoms with van der Waals surface area (Å²) < 4.78 is 0. The zero-order valence-corrected chi connectivity index (χ0v) is 7.62. The lowest BCUT2D eigenvalue weighted by atomic mass is 10.6. The van der Waals surface area contributed by atoms with Crippen LogP contribution in [0.2, 0.25) is 0 Å². The second kappa shape index (κ2) is 4.22. The highest BCUT2D eigenvalue weighted by molar-refractivity contribution is 7.80. The van der Waals surface area contributed by atoms with Crippen molar-refractivity contribution < 1.29 is 0 Å². The largest absolute Gasteiger partial charge is 0.365 e. The van der Waals surface area contributed by atoms with E-state index in [1.807, 2.05) is 18.9 Å². The van der Waals surface area contributed by atoms with E-state index < -0.39 is 0 Å². The maximum Gasteiger partial charge on any atom is 0.173 e. The van der Waals surface area contributed by atoms with Crippen LogP contribution in [-0.2, 0) is 0 Å². The summed E-state index contributed by atoms with van der Waals surface area (Å²) in [6.07, 6.45) is 0. The van der Waals surface area contributed by atoms with Crippen LogP contribution >= 0.6 is 12.2 Å². The molecule has 0 aromatic carbocycles. The van der Waals surface area contributed by atoms with E-state index in [1.165, 1.54) is 0 Å². The first-order chi connectivity index (χ1) is 4.63. The second-order valence-corrected chi connectivity index (χ2v) is 2.27. The Bertz CT molecular complexity index is 153. The summed E-state index contributed by atoms with van der Waals surface area (Å²) in [7, 11) is 5.41. The number of aliphatic imine (C=N–C) groups is 1. The minimum Gasteiger partial charge on any atom is -0.365 e. The zero-order valence-electron chi connectivity index (χ0n) is 6.80. The number of nitrogens with zero attached hydrogens (tertiary/aromatic N) is 2. The molecular formula is C6H13N3S. The van der Waals surface area contributed by atoms with Gasteiger partial charge in [-0.3, -0.25) is 4.99 Å². The van der Waals surface area contributed by atoms with Gasteiger partial charge in [-0.25, -0.2) is 0 Å². The summed E-state index contributed by atoms with van der Waals surface area (Å²) in [6.45, 7) is 1.91. The maximum absolute atomic E-state index is 4.95. The van der Waals surface area contributed by atoms with Gasteiger partial charge in [0.1, 0.15) is 5.84 Å². The van der Waals surface area contributed by atoms with Crippen LogP contribution in [0, 0.1) is 0 Å². The minimum absolute atomic E-state index is 0.683. The van der Waals surface area contributed by atoms with Crippen LogP contribution in [0.1, 0.15) is 6.92 Å². The lowest BCUT2D eigenvalue weighted by Crippen LogP contribution is -2.37. The van der Waals surface area contributed by atoms with Crippen molar-refractivity contribution in [1.29, 1.82) is 0 Å². The number of hydrogen-bond donors (Lipinski definition) is 1. The standard InChI is InChI=1S/C6H13N3S/c1-5(7-2)9(4)6(10)8-3/h1-4H3,(H,8,10). The lowest BCUT2D eigenvalue weighted by Gasteiger charge is -2.17. The van der Waals surface area contributed by atoms with Crippen molar-refractivity contribution in [3.63, 3.8) is 0 Å². The zero-order chi connectivity index (χ0) is 8.15. The Balaban J connectivity index is 4.08. The average Bonchev–Trinajstić information content (AvgIpc) is 2.00. The van der Waals surface area contributed by atoms with Gasteiger partial charge in [-0.1, -0.05) is 0 Å². The average molecular weight is 159 g/mol. The van der Waals surface area contributed by atoms with Crippen molar-refractivity contribution in [3.05, 3.63) is 0 Å². The third-order valence-corrected chi connectivity index (χ3v) is 1.81. The van der Waals surface area contributed by atoms with Crippen LogP contribution in [0.3, 0.4) is 0 Å². The van der Waals surface area contributed by atoms with Crippen LogP contribution in [0.5, 0.6) is 0 Å². The van der Waals surface area contributed by atoms with E-state index >= 15 is 0 Å². The third-order valence-electron chi connectivity index (χ3n) is 1.33. The van der Waals surface area contributed by atoms with Gasteiger partial charge in [0.05, 0.1) is 0 Å². The highest BCUT2D eigenvalue weighted by atomic mass is 32.1. The monoisotopic (exact) mass is 159 g/mol. The first kappa shape index (κ1) is 9.36. The molecule has 0 unspecified atom stereocenters. The molecular weight excluding hydrogens is 146 g/mol. The Hall–Kier alpha value is -0.640. The molecule has 0 radical (unpaired) electrons. The SMILES string of the molecule is CN=C(C)N(C)C(=S)NC. The Morgan fingerprint density at radius 3 is 2.40 bits per heavy atom. The van der Waals surface area contributed by atoms with Crippen LogP contribution < -0.4 is 5.32 Å². The smallest absolute Gasteiger partial charge is 0.173 e. The molecule has 0 fully saturated rings. The molecule has 3 nitrogen and oxygen atoms in total. The van der Waals surface area contributed by atoms with Gasteiger partial charge < -0.3 is 10.2 Å². The van der Waals surface area contributed by atoms with Gasteiger partial charge in [0.25, 0.3) is 0 Å². The Morgan fingerprint density at radius 1 is 1.60 bits per heavy atom. The van der Waals surface area contributed by atoms with Crippen molar-refractivity contribution in [2.24, 2.45) is 4.99 Å². The first-order valence-electron chi connectivity index (χ1n) is 3.02. The van der Waals surface area contributed by atoms with Gasteiger partial charge in [-0.15, -0.1) is 0 Å². The lowest BCUT2D eigenvalue weighted by molar-refractivity contribution is 0.727. The molecule has 0 aliphatic rings. The fourth-order valence-electron chi connectivity index (χ4n) is 0.465. The second-order valence-electron chi connectivity index (χ2n) is 1.88. The van der Waals surface area contributed by atoms with Crippen molar-refractivity contribution in [2.45, 2.75) is 6.92 Å². The quantitative estimate of drug-likeness (QED) is 0.316. The molecule has 0 aliphatic carbocycles. The molecule has 1 N–H and O–H groups in total. The van der Waals surface area contributed by atoms with Gasteiger partial charge >= 0.3 is 0 Å². The number of amidine groups is 1. The molecule has 0 saturated carbocycles. The fourth-order valence-corrected chi connectivity index (χ4v) is 0.597. The Morgan fingerprint density at radius 2 is 2.10 bits per heavy atom. The Labute approximate surface area is 67.1 Å². The molecule has 0 rings (SSSR count). The van der Waals surface area contributed by atoms with E-state index in [2.05, 4.69) is 10.3 Å². The number of hydrogen-bond acceptors (Lipinski definition) is 2. The summed E-state index contributed by atoms with van der Waals surface area (Å²) >= 11 is 4.95. The third kappa shape index (κ3) is 2.31. The van der Waals surface area contributed by atoms with Crippen molar-refractivity contribution in [3.8, 4) is 0 Å². The number of nitrogens with one attached hydrogen (secondary N) is 1. The summed E-state index contributed by atoms with van der Waals surface area (Å²) in [5, 5.41) is 3.54. The molecule has 4 heteroatoms. The first-order valence-corrected chi connectivity index (χ1v) is 3.43. The number of rotatable bonds is 0. The maximum atomic E-state index is 4.95. The fraction of sp³-hybridized carbons (Fsp3) is 0.667. The van der Waals surface area contributed by atoms with Crippen molar-refractivity contribution >= 4 is 23.2 Å². The predicted octanol–water partition coefficient (Wildman–Crippen LogP) is 0.471. The molecule has 0 amide bonds. The van der Waals surface area contributed by atoms with Crippen LogP contribution in [0.25, 0.3) is 0 Å². The van der Waals surface area contributed by atoms with Gasteiger partial charge in [0.2, 0.25) is 0 Å². The molecule has 10 heavy (non-hydrogen) atoms. The predicted molar refractivity (Wildman–Crippen MR) is 48.5 cm³/mol. The van der Waals surface area contributed by atoms with Crippen LogP contribution in [0.15, 0.2) is 4.99 Å². The van der Waals surface area contributed by atoms with Crippen LogP contribution in [-0.4, -0.2) is 37.0 Å². The van der Waals surface area contributed by atoms with Gasteiger partial charge in [-0.2, -0.15) is 0 Å². The summed E-state index contributed by atoms with van der Waals surface area (Å²) in [5.41, 5.74) is 0. The van der Waals surface area contributed by atoms with E-state index in [1.54, 1.807) is 14.1 Å². The normalized spacial score (nSPS) is 11.0. The van der Waals surface area contributed by atoms with Gasteiger partial charge in [-0.05, 0) is 19.1 Å². The molecule has 0 atom stereocenters. The summed E-state index contributed by atoms with van der Waals surface area (Å²) in [4.78, 5) is 5.79. The Kier molecular flexibility index (Phi) is 3.95. The molecule has 0 spiro atoms. The summed E-state index contributed by atoms with van der Waals surface area (Å²) in [5.74, 6) is 0.902. The van der Waals surface area contributed by atoms with Crippen molar-refractivity contribution in [1.82, 2.24) is 10.2 Å². The van der Waals surface area contributed by atoms with E-state index in [4.69, 9.17) is 12.2 Å². The van der Waals surface area contributed by atoms with E-state index in [-0.39, 0.29) is 0 Å². The van der Waals surface area contributed by atoms with Crippen molar-refractivity contribution in [2.75, 3.05) is 21.1 Å². The molecule has 0 bridgehead atoms. The molecule has 0 saturated heterocycles.